The van der Waals surface area contributed by atoms with E-state index >= 15 is 0 Å². The lowest BCUT2D eigenvalue weighted by Gasteiger charge is -2.36. The molecule has 0 saturated carbocycles. The number of aromatic nitrogens is 1. The molecule has 6 nitrogen and oxygen atoms in total. The van der Waals surface area contributed by atoms with Crippen LogP contribution in [0.2, 0.25) is 0 Å². The first-order chi connectivity index (χ1) is 13.2. The molecule has 1 fully saturated rings. The minimum atomic E-state index is -0.202. The Morgan fingerprint density at radius 3 is 2.67 bits per heavy atom. The first-order valence-corrected chi connectivity index (χ1v) is 9.42. The minimum Gasteiger partial charge on any atom is -0.493 e. The highest BCUT2D eigenvalue weighted by atomic mass is 16.5. The highest BCUT2D eigenvalue weighted by Crippen LogP contribution is 2.30. The molecule has 1 atom stereocenters. The van der Waals surface area contributed by atoms with Crippen molar-refractivity contribution < 1.29 is 14.3 Å². The van der Waals surface area contributed by atoms with Gasteiger partial charge in [0.25, 0.3) is 5.91 Å². The number of ether oxygens (including phenoxy) is 2. The van der Waals surface area contributed by atoms with E-state index in [0.717, 1.165) is 18.8 Å². The maximum Gasteiger partial charge on any atom is 0.257 e. The van der Waals surface area contributed by atoms with Gasteiger partial charge in [-0.15, -0.1) is 0 Å². The van der Waals surface area contributed by atoms with E-state index in [-0.39, 0.29) is 5.91 Å². The van der Waals surface area contributed by atoms with Gasteiger partial charge in [0.1, 0.15) is 5.82 Å². The molecule has 1 unspecified atom stereocenters. The number of anilines is 2. The van der Waals surface area contributed by atoms with Crippen molar-refractivity contribution in [3.05, 3.63) is 42.1 Å². The van der Waals surface area contributed by atoms with Gasteiger partial charge in [-0.05, 0) is 49.9 Å². The van der Waals surface area contributed by atoms with Gasteiger partial charge in [-0.25, -0.2) is 4.98 Å². The van der Waals surface area contributed by atoms with Gasteiger partial charge in [-0.3, -0.25) is 4.79 Å². The van der Waals surface area contributed by atoms with Crippen LogP contribution < -0.4 is 19.7 Å². The third kappa shape index (κ3) is 4.32. The summed E-state index contributed by atoms with van der Waals surface area (Å²) in [5, 5.41) is 2.88. The summed E-state index contributed by atoms with van der Waals surface area (Å²) in [6, 6.07) is 9.59. The van der Waals surface area contributed by atoms with Crippen LogP contribution in [0.5, 0.6) is 11.5 Å². The molecule has 2 heterocycles. The van der Waals surface area contributed by atoms with Crippen molar-refractivity contribution >= 4 is 17.4 Å². The van der Waals surface area contributed by atoms with Gasteiger partial charge in [-0.1, -0.05) is 6.92 Å². The fraction of sp³-hybridized carbons (Fsp3) is 0.429. The number of carbonyl (C=O) groups is 1. The predicted molar refractivity (Wildman–Crippen MR) is 107 cm³/mol. The Balaban J connectivity index is 1.70. The van der Waals surface area contributed by atoms with Gasteiger partial charge in [0, 0.05) is 30.5 Å². The Morgan fingerprint density at radius 1 is 1.19 bits per heavy atom. The molecule has 6 heteroatoms. The highest BCUT2D eigenvalue weighted by Gasteiger charge is 2.22. The fourth-order valence-corrected chi connectivity index (χ4v) is 3.53. The van der Waals surface area contributed by atoms with Gasteiger partial charge in [0.15, 0.2) is 11.5 Å². The third-order valence-corrected chi connectivity index (χ3v) is 5.04. The van der Waals surface area contributed by atoms with E-state index in [0.29, 0.717) is 28.8 Å². The van der Waals surface area contributed by atoms with Crippen molar-refractivity contribution in [1.29, 1.82) is 0 Å². The van der Waals surface area contributed by atoms with Gasteiger partial charge in [-0.2, -0.15) is 0 Å². The van der Waals surface area contributed by atoms with Crippen molar-refractivity contribution in [2.45, 2.75) is 38.6 Å². The van der Waals surface area contributed by atoms with E-state index in [1.165, 1.54) is 19.3 Å². The topological polar surface area (TPSA) is 63.7 Å². The van der Waals surface area contributed by atoms with Crippen LogP contribution in [0, 0.1) is 0 Å². The molecule has 144 valence electrons. The second-order valence-corrected chi connectivity index (χ2v) is 6.68. The highest BCUT2D eigenvalue weighted by molar-refractivity contribution is 6.04. The maximum absolute atomic E-state index is 12.5. The Hall–Kier alpha value is -2.76. The number of carbonyl (C=O) groups excluding carboxylic acids is 1. The molecule has 1 N–H and O–H groups in total. The average molecular weight is 369 g/mol. The standard InChI is InChI=1S/C21H27N3O3/c1-4-17-7-5-6-12-24(17)20-11-8-15(14-22-20)21(25)23-16-9-10-18(26-2)19(13-16)27-3/h8-11,13-14,17H,4-7,12H2,1-3H3,(H,23,25). The molecule has 0 bridgehead atoms. The summed E-state index contributed by atoms with van der Waals surface area (Å²) in [5.41, 5.74) is 1.17. The number of amides is 1. The quantitative estimate of drug-likeness (QED) is 0.830. The fourth-order valence-electron chi connectivity index (χ4n) is 3.53. The van der Waals surface area contributed by atoms with Crippen molar-refractivity contribution in [1.82, 2.24) is 4.98 Å². The van der Waals surface area contributed by atoms with Crippen LogP contribution in [0.3, 0.4) is 0 Å². The summed E-state index contributed by atoms with van der Waals surface area (Å²) in [5.74, 6) is 1.93. The molecule has 0 aliphatic carbocycles. The molecule has 2 aromatic rings. The zero-order chi connectivity index (χ0) is 19.2. The summed E-state index contributed by atoms with van der Waals surface area (Å²) in [6.45, 7) is 3.25. The van der Waals surface area contributed by atoms with Crippen molar-refractivity contribution in [3.63, 3.8) is 0 Å². The lowest BCUT2D eigenvalue weighted by atomic mass is 10.00. The smallest absolute Gasteiger partial charge is 0.257 e. The third-order valence-electron chi connectivity index (χ3n) is 5.04. The van der Waals surface area contributed by atoms with Crippen LogP contribution >= 0.6 is 0 Å². The summed E-state index contributed by atoms with van der Waals surface area (Å²) in [7, 11) is 3.14. The van der Waals surface area contributed by atoms with Crippen LogP contribution in [0.15, 0.2) is 36.5 Å². The molecule has 0 spiro atoms. The normalized spacial score (nSPS) is 16.7. The number of methoxy groups -OCH3 is 2. The molecule has 1 saturated heterocycles. The first-order valence-electron chi connectivity index (χ1n) is 9.42. The Morgan fingerprint density at radius 2 is 2.00 bits per heavy atom. The molecule has 1 aliphatic rings. The van der Waals surface area contributed by atoms with Crippen molar-refractivity contribution in [2.24, 2.45) is 0 Å². The molecule has 1 aromatic heterocycles. The number of nitrogens with zero attached hydrogens (tertiary/aromatic N) is 2. The molecule has 3 rings (SSSR count). The van der Waals surface area contributed by atoms with Crippen LogP contribution in [0.25, 0.3) is 0 Å². The molecule has 1 aromatic carbocycles. The SMILES string of the molecule is CCC1CCCCN1c1ccc(C(=O)Nc2ccc(OC)c(OC)c2)cn1. The van der Waals surface area contributed by atoms with E-state index in [1.54, 1.807) is 38.6 Å². The lowest BCUT2D eigenvalue weighted by Crippen LogP contribution is -2.39. The minimum absolute atomic E-state index is 0.202. The number of nitrogens with one attached hydrogen (secondary N) is 1. The molecule has 0 radical (unpaired) electrons. The summed E-state index contributed by atoms with van der Waals surface area (Å²) in [6.07, 6.45) is 6.44. The monoisotopic (exact) mass is 369 g/mol. The van der Waals surface area contributed by atoms with Crippen LogP contribution in [0.1, 0.15) is 43.0 Å². The molecule has 27 heavy (non-hydrogen) atoms. The van der Waals surface area contributed by atoms with E-state index in [2.05, 4.69) is 22.1 Å². The second kappa shape index (κ2) is 8.75. The number of benzene rings is 1. The van der Waals surface area contributed by atoms with Crippen molar-refractivity contribution in [2.75, 3.05) is 31.0 Å². The van der Waals surface area contributed by atoms with Gasteiger partial charge in [0.2, 0.25) is 0 Å². The second-order valence-electron chi connectivity index (χ2n) is 6.68. The summed E-state index contributed by atoms with van der Waals surface area (Å²) in [4.78, 5) is 19.4. The van der Waals surface area contributed by atoms with Crippen LogP contribution in [0.4, 0.5) is 11.5 Å². The molecule has 1 aliphatic heterocycles. The Kier molecular flexibility index (Phi) is 6.16. The van der Waals surface area contributed by atoms with Crippen LogP contribution in [-0.4, -0.2) is 37.7 Å². The largest absolute Gasteiger partial charge is 0.493 e. The summed E-state index contributed by atoms with van der Waals surface area (Å²) >= 11 is 0. The van der Waals surface area contributed by atoms with Crippen molar-refractivity contribution in [3.8, 4) is 11.5 Å². The van der Waals surface area contributed by atoms with Crippen LogP contribution in [-0.2, 0) is 0 Å². The van der Waals surface area contributed by atoms with Gasteiger partial charge in [0.05, 0.1) is 19.8 Å². The van der Waals surface area contributed by atoms with Gasteiger partial charge >= 0.3 is 0 Å². The molecular weight excluding hydrogens is 342 g/mol. The average Bonchev–Trinajstić information content (AvgIpc) is 2.73. The number of piperidine rings is 1. The lowest BCUT2D eigenvalue weighted by molar-refractivity contribution is 0.102. The summed E-state index contributed by atoms with van der Waals surface area (Å²) < 4.78 is 10.5. The zero-order valence-corrected chi connectivity index (χ0v) is 16.2. The number of pyridine rings is 1. The maximum atomic E-state index is 12.5. The Bertz CT molecular complexity index is 777. The molecular formula is C21H27N3O3. The number of hydrogen-bond donors (Lipinski definition) is 1. The van der Waals surface area contributed by atoms with Gasteiger partial charge < -0.3 is 19.7 Å². The number of hydrogen-bond acceptors (Lipinski definition) is 5. The zero-order valence-electron chi connectivity index (χ0n) is 16.2. The predicted octanol–water partition coefficient (Wildman–Crippen LogP) is 4.12. The first kappa shape index (κ1) is 19.0. The Labute approximate surface area is 160 Å². The van der Waals surface area contributed by atoms with E-state index in [1.807, 2.05) is 12.1 Å². The van der Waals surface area contributed by atoms with E-state index < -0.39 is 0 Å². The number of rotatable bonds is 6. The molecule has 1 amide bonds. The van der Waals surface area contributed by atoms with E-state index in [9.17, 15) is 4.79 Å². The van der Waals surface area contributed by atoms with E-state index in [4.69, 9.17) is 9.47 Å².